The van der Waals surface area contributed by atoms with E-state index in [-0.39, 0.29) is 0 Å². The molecule has 21 heavy (non-hydrogen) atoms. The SMILES string of the molecule is Nc1cc2c(cc1Cn1cnc3c1CCCC3)OCCO2. The zero-order valence-electron chi connectivity index (χ0n) is 12.0. The summed E-state index contributed by atoms with van der Waals surface area (Å²) in [4.78, 5) is 4.54. The van der Waals surface area contributed by atoms with Crippen LogP contribution in [0.4, 0.5) is 5.69 Å². The predicted molar refractivity (Wildman–Crippen MR) is 79.8 cm³/mol. The van der Waals surface area contributed by atoms with E-state index in [1.165, 1.54) is 24.2 Å². The Hall–Kier alpha value is -2.17. The summed E-state index contributed by atoms with van der Waals surface area (Å²) in [6, 6.07) is 3.87. The van der Waals surface area contributed by atoms with E-state index >= 15 is 0 Å². The Bertz CT molecular complexity index is 678. The van der Waals surface area contributed by atoms with Crippen LogP contribution < -0.4 is 15.2 Å². The number of imidazole rings is 1. The van der Waals surface area contributed by atoms with Gasteiger partial charge in [-0.3, -0.25) is 0 Å². The molecule has 1 aliphatic heterocycles. The van der Waals surface area contributed by atoms with Gasteiger partial charge < -0.3 is 19.8 Å². The molecule has 1 aliphatic carbocycles. The fourth-order valence-corrected chi connectivity index (χ4v) is 3.13. The fourth-order valence-electron chi connectivity index (χ4n) is 3.13. The van der Waals surface area contributed by atoms with Crippen molar-refractivity contribution >= 4 is 5.69 Å². The summed E-state index contributed by atoms with van der Waals surface area (Å²) >= 11 is 0. The molecule has 2 N–H and O–H groups in total. The maximum atomic E-state index is 6.17. The number of nitrogens with two attached hydrogens (primary N) is 1. The molecule has 0 radical (unpaired) electrons. The minimum atomic E-state index is 0.584. The van der Waals surface area contributed by atoms with Gasteiger partial charge in [-0.2, -0.15) is 0 Å². The van der Waals surface area contributed by atoms with Crippen LogP contribution in [0.2, 0.25) is 0 Å². The molecule has 4 rings (SSSR count). The summed E-state index contributed by atoms with van der Waals surface area (Å²) < 4.78 is 13.4. The van der Waals surface area contributed by atoms with Crippen molar-refractivity contribution in [3.05, 3.63) is 35.4 Å². The largest absolute Gasteiger partial charge is 0.486 e. The van der Waals surface area contributed by atoms with Gasteiger partial charge in [-0.1, -0.05) is 0 Å². The van der Waals surface area contributed by atoms with Crippen molar-refractivity contribution in [1.82, 2.24) is 9.55 Å². The third-order valence-electron chi connectivity index (χ3n) is 4.25. The molecule has 0 bridgehead atoms. The van der Waals surface area contributed by atoms with Crippen molar-refractivity contribution in [1.29, 1.82) is 0 Å². The van der Waals surface area contributed by atoms with Gasteiger partial charge in [-0.25, -0.2) is 4.98 Å². The molecular formula is C16H19N3O2. The zero-order chi connectivity index (χ0) is 14.2. The summed E-state index contributed by atoms with van der Waals surface area (Å²) in [5, 5.41) is 0. The average Bonchev–Trinajstić information content (AvgIpc) is 2.91. The van der Waals surface area contributed by atoms with Gasteiger partial charge in [-0.05, 0) is 37.3 Å². The van der Waals surface area contributed by atoms with Crippen LogP contribution in [0.1, 0.15) is 29.8 Å². The minimum Gasteiger partial charge on any atom is -0.486 e. The second-order valence-electron chi connectivity index (χ2n) is 5.67. The number of aromatic nitrogens is 2. The summed E-state index contributed by atoms with van der Waals surface area (Å²) in [6.45, 7) is 1.92. The predicted octanol–water partition coefficient (Wildman–Crippen LogP) is 2.16. The topological polar surface area (TPSA) is 62.3 Å². The van der Waals surface area contributed by atoms with E-state index in [0.717, 1.165) is 42.1 Å². The van der Waals surface area contributed by atoms with Gasteiger partial charge in [-0.15, -0.1) is 0 Å². The molecule has 0 fully saturated rings. The summed E-state index contributed by atoms with van der Waals surface area (Å²) in [7, 11) is 0. The second-order valence-corrected chi connectivity index (χ2v) is 5.67. The molecule has 2 aliphatic rings. The number of hydrogen-bond donors (Lipinski definition) is 1. The van der Waals surface area contributed by atoms with Crippen LogP contribution in [0.25, 0.3) is 0 Å². The van der Waals surface area contributed by atoms with Gasteiger partial charge in [0, 0.05) is 17.4 Å². The van der Waals surface area contributed by atoms with Crippen molar-refractivity contribution in [2.24, 2.45) is 0 Å². The number of rotatable bonds is 2. The number of ether oxygens (including phenoxy) is 2. The molecule has 1 aromatic heterocycles. The van der Waals surface area contributed by atoms with E-state index in [9.17, 15) is 0 Å². The third kappa shape index (κ3) is 2.22. The molecule has 0 amide bonds. The number of aryl methyl sites for hydroxylation is 1. The van der Waals surface area contributed by atoms with Crippen molar-refractivity contribution in [3.63, 3.8) is 0 Å². The lowest BCUT2D eigenvalue weighted by Crippen LogP contribution is -2.16. The Labute approximate surface area is 123 Å². The number of fused-ring (bicyclic) bond motifs is 2. The highest BCUT2D eigenvalue weighted by Crippen LogP contribution is 2.35. The van der Waals surface area contributed by atoms with E-state index in [1.54, 1.807) is 0 Å². The summed E-state index contributed by atoms with van der Waals surface area (Å²) in [5.41, 5.74) is 10.6. The van der Waals surface area contributed by atoms with Crippen molar-refractivity contribution in [3.8, 4) is 11.5 Å². The maximum Gasteiger partial charge on any atom is 0.163 e. The second kappa shape index (κ2) is 4.98. The fraction of sp³-hybridized carbons (Fsp3) is 0.438. The zero-order valence-corrected chi connectivity index (χ0v) is 12.0. The molecular weight excluding hydrogens is 266 g/mol. The molecule has 5 heteroatoms. The van der Waals surface area contributed by atoms with Crippen molar-refractivity contribution < 1.29 is 9.47 Å². The molecule has 0 saturated carbocycles. The number of hydrogen-bond acceptors (Lipinski definition) is 4. The van der Waals surface area contributed by atoms with E-state index in [0.29, 0.717) is 13.2 Å². The lowest BCUT2D eigenvalue weighted by molar-refractivity contribution is 0.171. The van der Waals surface area contributed by atoms with Crippen LogP contribution in [0.15, 0.2) is 18.5 Å². The van der Waals surface area contributed by atoms with E-state index in [2.05, 4.69) is 9.55 Å². The molecule has 0 atom stereocenters. The first kappa shape index (κ1) is 12.6. The van der Waals surface area contributed by atoms with Crippen LogP contribution in [-0.2, 0) is 19.4 Å². The van der Waals surface area contributed by atoms with Crippen LogP contribution in [-0.4, -0.2) is 22.8 Å². The van der Waals surface area contributed by atoms with Crippen LogP contribution in [0.3, 0.4) is 0 Å². The minimum absolute atomic E-state index is 0.584. The van der Waals surface area contributed by atoms with Gasteiger partial charge in [0.05, 0.1) is 18.6 Å². The number of nitrogens with zero attached hydrogens (tertiary/aromatic N) is 2. The van der Waals surface area contributed by atoms with E-state index in [1.807, 2.05) is 18.5 Å². The molecule has 2 aromatic rings. The van der Waals surface area contributed by atoms with Crippen molar-refractivity contribution in [2.75, 3.05) is 18.9 Å². The molecule has 1 aromatic carbocycles. The Kier molecular flexibility index (Phi) is 2.98. The first-order valence-electron chi connectivity index (χ1n) is 7.52. The number of benzene rings is 1. The lowest BCUT2D eigenvalue weighted by atomic mass is 10.0. The Morgan fingerprint density at radius 2 is 1.86 bits per heavy atom. The highest BCUT2D eigenvalue weighted by Gasteiger charge is 2.18. The number of nitrogen functional groups attached to an aromatic ring is 1. The van der Waals surface area contributed by atoms with Gasteiger partial charge in [0.1, 0.15) is 13.2 Å². The molecule has 5 nitrogen and oxygen atoms in total. The highest BCUT2D eigenvalue weighted by molar-refractivity contribution is 5.58. The van der Waals surface area contributed by atoms with E-state index in [4.69, 9.17) is 15.2 Å². The first-order valence-corrected chi connectivity index (χ1v) is 7.52. The van der Waals surface area contributed by atoms with Crippen LogP contribution in [0, 0.1) is 0 Å². The quantitative estimate of drug-likeness (QED) is 0.859. The van der Waals surface area contributed by atoms with Crippen LogP contribution >= 0.6 is 0 Å². The monoisotopic (exact) mass is 285 g/mol. The normalized spacial score (nSPS) is 16.6. The Morgan fingerprint density at radius 1 is 1.10 bits per heavy atom. The highest BCUT2D eigenvalue weighted by atomic mass is 16.6. The Balaban J connectivity index is 1.66. The van der Waals surface area contributed by atoms with Crippen molar-refractivity contribution in [2.45, 2.75) is 32.2 Å². The summed E-state index contributed by atoms with van der Waals surface area (Å²) in [5.74, 6) is 1.54. The van der Waals surface area contributed by atoms with Gasteiger partial charge in [0.15, 0.2) is 11.5 Å². The third-order valence-corrected chi connectivity index (χ3v) is 4.25. The molecule has 110 valence electrons. The maximum absolute atomic E-state index is 6.17. The first-order chi connectivity index (χ1) is 10.3. The number of anilines is 1. The van der Waals surface area contributed by atoms with Gasteiger partial charge >= 0.3 is 0 Å². The smallest absolute Gasteiger partial charge is 0.163 e. The molecule has 2 heterocycles. The lowest BCUT2D eigenvalue weighted by Gasteiger charge is -2.21. The van der Waals surface area contributed by atoms with Gasteiger partial charge in [0.25, 0.3) is 0 Å². The van der Waals surface area contributed by atoms with E-state index < -0.39 is 0 Å². The van der Waals surface area contributed by atoms with Gasteiger partial charge in [0.2, 0.25) is 0 Å². The molecule has 0 unspecified atom stereocenters. The summed E-state index contributed by atoms with van der Waals surface area (Å²) in [6.07, 6.45) is 6.64. The molecule has 0 spiro atoms. The molecule has 0 saturated heterocycles. The standard InChI is InChI=1S/C16H19N3O2/c17-12-8-16-15(20-5-6-21-16)7-11(12)9-19-10-18-13-3-1-2-4-14(13)19/h7-8,10H,1-6,9,17H2. The van der Waals surface area contributed by atoms with Crippen LogP contribution in [0.5, 0.6) is 11.5 Å². The Morgan fingerprint density at radius 3 is 2.71 bits per heavy atom. The average molecular weight is 285 g/mol.